The standard InChI is InChI=1S/C19H21N5O3/c1-25-15-8-13(9-16(26-2)17(15)27-3)23-18-14(10-22-19(21)24-18)11-4-6-12(20)7-5-11/h4-10H,20H2,1-3H3,(H3,21,22,23,24). The molecule has 0 saturated carbocycles. The van der Waals surface area contributed by atoms with E-state index >= 15 is 0 Å². The summed E-state index contributed by atoms with van der Waals surface area (Å²) in [5, 5.41) is 3.25. The molecular weight excluding hydrogens is 346 g/mol. The van der Waals surface area contributed by atoms with Gasteiger partial charge in [0, 0.05) is 35.3 Å². The average Bonchev–Trinajstić information content (AvgIpc) is 2.68. The average molecular weight is 367 g/mol. The molecule has 0 unspecified atom stereocenters. The van der Waals surface area contributed by atoms with E-state index in [1.807, 2.05) is 24.3 Å². The van der Waals surface area contributed by atoms with Crippen LogP contribution in [0.25, 0.3) is 11.1 Å². The van der Waals surface area contributed by atoms with Crippen molar-refractivity contribution in [1.29, 1.82) is 0 Å². The minimum absolute atomic E-state index is 0.157. The Morgan fingerprint density at radius 2 is 1.52 bits per heavy atom. The zero-order valence-corrected chi connectivity index (χ0v) is 15.3. The van der Waals surface area contributed by atoms with E-state index in [-0.39, 0.29) is 5.95 Å². The van der Waals surface area contributed by atoms with Gasteiger partial charge in [0.05, 0.1) is 21.3 Å². The van der Waals surface area contributed by atoms with Gasteiger partial charge >= 0.3 is 0 Å². The predicted molar refractivity (Wildman–Crippen MR) is 106 cm³/mol. The Labute approximate surface area is 157 Å². The first kappa shape index (κ1) is 18.1. The summed E-state index contributed by atoms with van der Waals surface area (Å²) in [6, 6.07) is 11.0. The Morgan fingerprint density at radius 3 is 2.07 bits per heavy atom. The maximum absolute atomic E-state index is 5.79. The highest BCUT2D eigenvalue weighted by Gasteiger charge is 2.15. The Morgan fingerprint density at radius 1 is 0.889 bits per heavy atom. The van der Waals surface area contributed by atoms with E-state index in [4.69, 9.17) is 25.7 Å². The maximum atomic E-state index is 5.79. The van der Waals surface area contributed by atoms with Crippen LogP contribution in [-0.2, 0) is 0 Å². The van der Waals surface area contributed by atoms with Crippen molar-refractivity contribution in [1.82, 2.24) is 9.97 Å². The van der Waals surface area contributed by atoms with Crippen LogP contribution in [0.2, 0.25) is 0 Å². The normalized spacial score (nSPS) is 10.3. The molecule has 0 atom stereocenters. The smallest absolute Gasteiger partial charge is 0.221 e. The molecule has 8 nitrogen and oxygen atoms in total. The number of nitrogens with zero attached hydrogens (tertiary/aromatic N) is 2. The van der Waals surface area contributed by atoms with E-state index in [1.54, 1.807) is 39.7 Å². The quantitative estimate of drug-likeness (QED) is 0.569. The summed E-state index contributed by atoms with van der Waals surface area (Å²) < 4.78 is 16.1. The molecule has 5 N–H and O–H groups in total. The number of hydrogen-bond donors (Lipinski definition) is 3. The number of rotatable bonds is 6. The molecule has 0 fully saturated rings. The summed E-state index contributed by atoms with van der Waals surface area (Å²) in [6.07, 6.45) is 1.66. The molecule has 0 radical (unpaired) electrons. The van der Waals surface area contributed by atoms with Crippen molar-refractivity contribution in [2.45, 2.75) is 0 Å². The van der Waals surface area contributed by atoms with Gasteiger partial charge in [0.1, 0.15) is 5.82 Å². The van der Waals surface area contributed by atoms with Crippen LogP contribution in [0.3, 0.4) is 0 Å². The van der Waals surface area contributed by atoms with Gasteiger partial charge in [0.2, 0.25) is 11.7 Å². The van der Waals surface area contributed by atoms with Crippen molar-refractivity contribution < 1.29 is 14.2 Å². The van der Waals surface area contributed by atoms with Crippen molar-refractivity contribution in [2.24, 2.45) is 0 Å². The zero-order valence-electron chi connectivity index (χ0n) is 15.3. The third-order valence-corrected chi connectivity index (χ3v) is 3.96. The minimum atomic E-state index is 0.157. The van der Waals surface area contributed by atoms with Crippen molar-refractivity contribution >= 4 is 23.1 Å². The Kier molecular flexibility index (Phi) is 5.16. The third-order valence-electron chi connectivity index (χ3n) is 3.96. The highest BCUT2D eigenvalue weighted by Crippen LogP contribution is 2.41. The number of ether oxygens (including phenoxy) is 3. The van der Waals surface area contributed by atoms with Crippen LogP contribution in [0.1, 0.15) is 0 Å². The van der Waals surface area contributed by atoms with Gasteiger partial charge in [0.15, 0.2) is 11.5 Å². The molecule has 0 spiro atoms. The van der Waals surface area contributed by atoms with Gasteiger partial charge in [-0.15, -0.1) is 0 Å². The number of aromatic nitrogens is 2. The van der Waals surface area contributed by atoms with E-state index in [1.165, 1.54) is 0 Å². The number of nitrogen functional groups attached to an aromatic ring is 2. The molecule has 1 aromatic heterocycles. The molecule has 0 aliphatic carbocycles. The summed E-state index contributed by atoms with van der Waals surface area (Å²) in [5.41, 5.74) is 14.6. The first-order valence-electron chi connectivity index (χ1n) is 8.11. The fourth-order valence-corrected chi connectivity index (χ4v) is 2.65. The fourth-order valence-electron chi connectivity index (χ4n) is 2.65. The molecule has 140 valence electrons. The van der Waals surface area contributed by atoms with Crippen LogP contribution < -0.4 is 31.0 Å². The van der Waals surface area contributed by atoms with Gasteiger partial charge in [0.25, 0.3) is 0 Å². The lowest BCUT2D eigenvalue weighted by Gasteiger charge is -2.16. The Balaban J connectivity index is 2.05. The lowest BCUT2D eigenvalue weighted by atomic mass is 10.1. The van der Waals surface area contributed by atoms with Crippen LogP contribution in [-0.4, -0.2) is 31.3 Å². The third kappa shape index (κ3) is 3.79. The van der Waals surface area contributed by atoms with E-state index in [2.05, 4.69) is 15.3 Å². The Hall–Kier alpha value is -3.68. The monoisotopic (exact) mass is 367 g/mol. The van der Waals surface area contributed by atoms with Gasteiger partial charge in [-0.1, -0.05) is 12.1 Å². The highest BCUT2D eigenvalue weighted by atomic mass is 16.5. The molecule has 3 rings (SSSR count). The van der Waals surface area contributed by atoms with Gasteiger partial charge in [-0.25, -0.2) is 4.98 Å². The van der Waals surface area contributed by atoms with E-state index in [9.17, 15) is 0 Å². The van der Waals surface area contributed by atoms with Gasteiger partial charge in [-0.05, 0) is 17.7 Å². The lowest BCUT2D eigenvalue weighted by molar-refractivity contribution is 0.324. The second kappa shape index (κ2) is 7.69. The summed E-state index contributed by atoms with van der Waals surface area (Å²) in [6.45, 7) is 0. The van der Waals surface area contributed by atoms with Crippen LogP contribution in [0, 0.1) is 0 Å². The SMILES string of the molecule is COc1cc(Nc2nc(N)ncc2-c2ccc(N)cc2)cc(OC)c1OC. The first-order chi connectivity index (χ1) is 13.0. The number of nitrogens with one attached hydrogen (secondary N) is 1. The topological polar surface area (TPSA) is 118 Å². The van der Waals surface area contributed by atoms with Gasteiger partial charge < -0.3 is 31.0 Å². The molecule has 0 saturated heterocycles. The molecule has 3 aromatic rings. The molecule has 8 heteroatoms. The molecule has 2 aromatic carbocycles. The van der Waals surface area contributed by atoms with Crippen LogP contribution >= 0.6 is 0 Å². The number of benzene rings is 2. The molecular formula is C19H21N5O3. The second-order valence-corrected chi connectivity index (χ2v) is 5.65. The maximum Gasteiger partial charge on any atom is 0.221 e. The van der Waals surface area contributed by atoms with E-state index in [0.717, 1.165) is 11.1 Å². The highest BCUT2D eigenvalue weighted by molar-refractivity contribution is 5.80. The molecule has 27 heavy (non-hydrogen) atoms. The summed E-state index contributed by atoms with van der Waals surface area (Å²) in [5.74, 6) is 2.25. The molecule has 1 heterocycles. The number of nitrogens with two attached hydrogens (primary N) is 2. The van der Waals surface area contributed by atoms with Crippen LogP contribution in [0.15, 0.2) is 42.6 Å². The Bertz CT molecular complexity index is 920. The van der Waals surface area contributed by atoms with Crippen LogP contribution in [0.4, 0.5) is 23.1 Å². The largest absolute Gasteiger partial charge is 0.493 e. The molecule has 0 aliphatic rings. The summed E-state index contributed by atoms with van der Waals surface area (Å²) in [7, 11) is 4.67. The van der Waals surface area contributed by atoms with Gasteiger partial charge in [-0.3, -0.25) is 0 Å². The van der Waals surface area contributed by atoms with Gasteiger partial charge in [-0.2, -0.15) is 4.98 Å². The molecule has 0 bridgehead atoms. The van der Waals surface area contributed by atoms with Crippen molar-refractivity contribution in [3.05, 3.63) is 42.6 Å². The number of methoxy groups -OCH3 is 3. The minimum Gasteiger partial charge on any atom is -0.493 e. The van der Waals surface area contributed by atoms with Crippen molar-refractivity contribution in [3.63, 3.8) is 0 Å². The molecule has 0 amide bonds. The van der Waals surface area contributed by atoms with Crippen molar-refractivity contribution in [3.8, 4) is 28.4 Å². The van der Waals surface area contributed by atoms with E-state index in [0.29, 0.717) is 34.4 Å². The number of hydrogen-bond acceptors (Lipinski definition) is 8. The zero-order chi connectivity index (χ0) is 19.4. The second-order valence-electron chi connectivity index (χ2n) is 5.65. The fraction of sp³-hybridized carbons (Fsp3) is 0.158. The summed E-state index contributed by atoms with van der Waals surface area (Å²) >= 11 is 0. The lowest BCUT2D eigenvalue weighted by Crippen LogP contribution is -2.03. The first-order valence-corrected chi connectivity index (χ1v) is 8.11. The van der Waals surface area contributed by atoms with Crippen LogP contribution in [0.5, 0.6) is 17.2 Å². The summed E-state index contributed by atoms with van der Waals surface area (Å²) in [4.78, 5) is 8.43. The van der Waals surface area contributed by atoms with E-state index < -0.39 is 0 Å². The van der Waals surface area contributed by atoms with Crippen molar-refractivity contribution in [2.75, 3.05) is 38.1 Å². The number of anilines is 4. The predicted octanol–water partition coefficient (Wildman–Crippen LogP) is 3.08. The molecule has 0 aliphatic heterocycles.